The van der Waals surface area contributed by atoms with Crippen LogP contribution in [0.1, 0.15) is 29.0 Å². The Hall–Kier alpha value is -3.49. The van der Waals surface area contributed by atoms with Crippen LogP contribution >= 0.6 is 11.6 Å². The van der Waals surface area contributed by atoms with Gasteiger partial charge in [-0.05, 0) is 47.8 Å². The molecular formula is C24H22ClN3O5. The summed E-state index contributed by atoms with van der Waals surface area (Å²) < 4.78 is 10.0. The highest BCUT2D eigenvalue weighted by Crippen LogP contribution is 2.38. The minimum atomic E-state index is -0.526. The van der Waals surface area contributed by atoms with Crippen molar-refractivity contribution in [3.63, 3.8) is 0 Å². The van der Waals surface area contributed by atoms with E-state index in [1.165, 1.54) is 13.2 Å². The number of aliphatic hydroxyl groups excluding tert-OH is 1. The maximum atomic E-state index is 13.0. The summed E-state index contributed by atoms with van der Waals surface area (Å²) >= 11 is 6.56. The second-order valence-corrected chi connectivity index (χ2v) is 8.41. The highest BCUT2D eigenvalue weighted by Gasteiger charge is 2.26. The molecule has 0 saturated carbocycles. The van der Waals surface area contributed by atoms with Crippen LogP contribution in [-0.4, -0.2) is 52.4 Å². The van der Waals surface area contributed by atoms with E-state index in [0.29, 0.717) is 15.9 Å². The zero-order chi connectivity index (χ0) is 23.1. The highest BCUT2D eigenvalue weighted by atomic mass is 35.5. The van der Waals surface area contributed by atoms with Gasteiger partial charge in [-0.3, -0.25) is 4.79 Å². The number of aliphatic hydroxyl groups is 1. The maximum absolute atomic E-state index is 13.0. The van der Waals surface area contributed by atoms with Gasteiger partial charge in [0.2, 0.25) is 17.4 Å². The summed E-state index contributed by atoms with van der Waals surface area (Å²) in [5, 5.41) is 24.7. The molecular weight excluding hydrogens is 446 g/mol. The van der Waals surface area contributed by atoms with Gasteiger partial charge in [-0.25, -0.2) is 0 Å². The number of aromatic hydroxyl groups is 1. The fraction of sp³-hybridized carbons (Fsp3) is 0.250. The molecule has 0 spiro atoms. The molecule has 8 nitrogen and oxygen atoms in total. The average molecular weight is 468 g/mol. The van der Waals surface area contributed by atoms with Crippen LogP contribution in [0.4, 0.5) is 5.69 Å². The van der Waals surface area contributed by atoms with Crippen LogP contribution in [0.5, 0.6) is 11.8 Å². The van der Waals surface area contributed by atoms with Crippen LogP contribution < -0.4 is 9.64 Å². The van der Waals surface area contributed by atoms with Crippen molar-refractivity contribution >= 4 is 34.0 Å². The number of anilines is 1. The molecule has 9 heteroatoms. The smallest absolute Gasteiger partial charge is 0.254 e. The number of methoxy groups -OCH3 is 1. The molecule has 1 aliphatic heterocycles. The molecule has 1 fully saturated rings. The van der Waals surface area contributed by atoms with Gasteiger partial charge in [0.1, 0.15) is 0 Å². The predicted molar refractivity (Wildman–Crippen MR) is 124 cm³/mol. The Morgan fingerprint density at radius 3 is 2.79 bits per heavy atom. The first-order valence-electron chi connectivity index (χ1n) is 10.6. The Morgan fingerprint density at radius 1 is 1.30 bits per heavy atom. The number of benzene rings is 2. The molecule has 0 aliphatic carbocycles. The van der Waals surface area contributed by atoms with Gasteiger partial charge in [-0.1, -0.05) is 23.7 Å². The van der Waals surface area contributed by atoms with Crippen molar-refractivity contribution in [1.29, 1.82) is 0 Å². The second kappa shape index (κ2) is 8.46. The standard InChI is InChI=1S/C24H22ClN3O5/c1-32-21-11-20(33-27-21)23(30)22-17-9-16(18(25)10-19(17)26-24(22)31)13-4-6-14(7-5-13)28-8-2-3-15(28)12-29/h4-7,9-11,15,26,29,31H,2-3,8,12H2,1H3/t15-/m1/s1. The zero-order valence-electron chi connectivity index (χ0n) is 17.8. The molecule has 2 aromatic heterocycles. The van der Waals surface area contributed by atoms with Crippen molar-refractivity contribution in [2.24, 2.45) is 0 Å². The molecule has 4 aromatic rings. The normalized spacial score (nSPS) is 16.0. The molecule has 170 valence electrons. The van der Waals surface area contributed by atoms with Crippen molar-refractivity contribution < 1.29 is 24.3 Å². The van der Waals surface area contributed by atoms with Crippen LogP contribution in [0.3, 0.4) is 0 Å². The van der Waals surface area contributed by atoms with Crippen molar-refractivity contribution in [1.82, 2.24) is 10.1 Å². The summed E-state index contributed by atoms with van der Waals surface area (Å²) in [4.78, 5) is 18.0. The highest BCUT2D eigenvalue weighted by molar-refractivity contribution is 6.34. The first-order valence-corrected chi connectivity index (χ1v) is 11.0. The van der Waals surface area contributed by atoms with Gasteiger partial charge in [0.05, 0.1) is 41.9 Å². The Balaban J connectivity index is 1.53. The van der Waals surface area contributed by atoms with Gasteiger partial charge >= 0.3 is 0 Å². The summed E-state index contributed by atoms with van der Waals surface area (Å²) in [5.74, 6) is -0.684. The first-order chi connectivity index (χ1) is 16.0. The van der Waals surface area contributed by atoms with Crippen molar-refractivity contribution in [2.45, 2.75) is 18.9 Å². The van der Waals surface area contributed by atoms with E-state index in [4.69, 9.17) is 20.9 Å². The molecule has 3 N–H and O–H groups in total. The third-order valence-corrected chi connectivity index (χ3v) is 6.43. The van der Waals surface area contributed by atoms with Crippen molar-refractivity contribution in [2.75, 3.05) is 25.2 Å². The molecule has 0 radical (unpaired) electrons. The van der Waals surface area contributed by atoms with E-state index < -0.39 is 5.78 Å². The number of aromatic amines is 1. The first kappa shape index (κ1) is 21.4. The summed E-state index contributed by atoms with van der Waals surface area (Å²) in [6.45, 7) is 1.05. The Kier molecular flexibility index (Phi) is 5.47. The quantitative estimate of drug-likeness (QED) is 0.361. The number of carbonyl (C=O) groups is 1. The SMILES string of the molecule is COc1cc(C(=O)c2c(O)[nH]c3cc(Cl)c(-c4ccc(N5CCC[C@@H]5CO)cc4)cc23)on1. The summed E-state index contributed by atoms with van der Waals surface area (Å²) in [5.41, 5.74) is 3.23. The van der Waals surface area contributed by atoms with Crippen molar-refractivity contribution in [3.05, 3.63) is 58.8 Å². The van der Waals surface area contributed by atoms with Crippen LogP contribution in [0.25, 0.3) is 22.0 Å². The maximum Gasteiger partial charge on any atom is 0.254 e. The van der Waals surface area contributed by atoms with Gasteiger partial charge in [-0.15, -0.1) is 0 Å². The molecule has 0 bridgehead atoms. The number of aromatic nitrogens is 2. The number of nitrogens with one attached hydrogen (secondary N) is 1. The molecule has 5 rings (SSSR count). The van der Waals surface area contributed by atoms with Gasteiger partial charge in [0, 0.05) is 23.2 Å². The number of hydrogen-bond acceptors (Lipinski definition) is 7. The van der Waals surface area contributed by atoms with E-state index in [2.05, 4.69) is 15.0 Å². The molecule has 0 amide bonds. The molecule has 1 atom stereocenters. The number of fused-ring (bicyclic) bond motifs is 1. The van der Waals surface area contributed by atoms with Crippen LogP contribution in [0.2, 0.25) is 5.02 Å². The predicted octanol–water partition coefficient (Wildman–Crippen LogP) is 4.38. The number of nitrogens with zero attached hydrogens (tertiary/aromatic N) is 2. The van der Waals surface area contributed by atoms with Gasteiger partial charge < -0.3 is 29.4 Å². The number of rotatable bonds is 6. The molecule has 1 aliphatic rings. The second-order valence-electron chi connectivity index (χ2n) is 8.01. The minimum Gasteiger partial charge on any atom is -0.494 e. The number of hydrogen-bond donors (Lipinski definition) is 3. The summed E-state index contributed by atoms with van der Waals surface area (Å²) in [6.07, 6.45) is 2.03. The Morgan fingerprint density at radius 2 is 2.09 bits per heavy atom. The van der Waals surface area contributed by atoms with E-state index in [9.17, 15) is 15.0 Å². The van der Waals surface area contributed by atoms with Crippen LogP contribution in [0, 0.1) is 0 Å². The van der Waals surface area contributed by atoms with Crippen molar-refractivity contribution in [3.8, 4) is 22.9 Å². The third kappa shape index (κ3) is 3.71. The fourth-order valence-corrected chi connectivity index (χ4v) is 4.71. The number of ketones is 1. The molecule has 33 heavy (non-hydrogen) atoms. The lowest BCUT2D eigenvalue weighted by molar-refractivity contribution is 0.0999. The molecule has 0 unspecified atom stereocenters. The number of ether oxygens (including phenoxy) is 1. The van der Waals surface area contributed by atoms with Gasteiger partial charge in [-0.2, -0.15) is 0 Å². The Bertz CT molecular complexity index is 1330. The lowest BCUT2D eigenvalue weighted by Crippen LogP contribution is -2.31. The third-order valence-electron chi connectivity index (χ3n) is 6.11. The Labute approximate surface area is 194 Å². The monoisotopic (exact) mass is 467 g/mol. The van der Waals surface area contributed by atoms with E-state index in [0.717, 1.165) is 36.2 Å². The number of H-pyrrole nitrogens is 1. The van der Waals surface area contributed by atoms with E-state index in [1.54, 1.807) is 12.1 Å². The van der Waals surface area contributed by atoms with Crippen LogP contribution in [-0.2, 0) is 0 Å². The van der Waals surface area contributed by atoms with E-state index in [-0.39, 0.29) is 35.7 Å². The minimum absolute atomic E-state index is 0.0482. The largest absolute Gasteiger partial charge is 0.494 e. The molecule has 3 heterocycles. The van der Waals surface area contributed by atoms with Gasteiger partial charge in [0.15, 0.2) is 0 Å². The van der Waals surface area contributed by atoms with E-state index in [1.807, 2.05) is 24.3 Å². The molecule has 2 aromatic carbocycles. The average Bonchev–Trinajstić information content (AvgIpc) is 3.56. The fourth-order valence-electron chi connectivity index (χ4n) is 4.44. The number of carbonyl (C=O) groups excluding carboxylic acids is 1. The molecule has 1 saturated heterocycles. The topological polar surface area (TPSA) is 112 Å². The lowest BCUT2D eigenvalue weighted by atomic mass is 10.00. The summed E-state index contributed by atoms with van der Waals surface area (Å²) in [7, 11) is 1.42. The van der Waals surface area contributed by atoms with Crippen LogP contribution in [0.15, 0.2) is 47.0 Å². The lowest BCUT2D eigenvalue weighted by Gasteiger charge is -2.25. The summed E-state index contributed by atoms with van der Waals surface area (Å²) in [6, 6.07) is 12.9. The zero-order valence-corrected chi connectivity index (χ0v) is 18.6. The number of halogens is 1. The van der Waals surface area contributed by atoms with Gasteiger partial charge in [0.25, 0.3) is 5.88 Å². The van der Waals surface area contributed by atoms with E-state index >= 15 is 0 Å².